The second kappa shape index (κ2) is 31.0. The normalized spacial score (nSPS) is 21.5. The summed E-state index contributed by atoms with van der Waals surface area (Å²) in [4.78, 5) is 41.0. The minimum Gasteiger partial charge on any atom is -0.420 e. The van der Waals surface area contributed by atoms with Crippen LogP contribution in [0.1, 0.15) is 31.2 Å². The number of piperidine rings is 1. The van der Waals surface area contributed by atoms with Gasteiger partial charge in [-0.25, -0.2) is 22.5 Å². The van der Waals surface area contributed by atoms with Gasteiger partial charge in [0.05, 0.1) is 156 Å². The third-order valence-corrected chi connectivity index (χ3v) is 13.0. The molecule has 31 heteroatoms. The Bertz CT molecular complexity index is 2450. The molecule has 2 aliphatic heterocycles. The highest BCUT2D eigenvalue weighted by Gasteiger charge is 2.46. The molecule has 3 aromatic heterocycles. The maximum absolute atomic E-state index is 13.6. The maximum atomic E-state index is 13.6. The van der Waals surface area contributed by atoms with Crippen molar-refractivity contribution < 1.29 is 99.4 Å². The number of aliphatic hydroxyl groups excluding tert-OH is 2. The van der Waals surface area contributed by atoms with Gasteiger partial charge in [-0.05, 0) is 24.4 Å². The van der Waals surface area contributed by atoms with Crippen LogP contribution in [-0.4, -0.2) is 217 Å². The van der Waals surface area contributed by atoms with Gasteiger partial charge >= 0.3 is 13.6 Å². The van der Waals surface area contributed by atoms with Crippen molar-refractivity contribution in [2.75, 3.05) is 137 Å². The van der Waals surface area contributed by atoms with Crippen LogP contribution >= 0.6 is 19.2 Å². The van der Waals surface area contributed by atoms with E-state index in [1.165, 1.54) is 4.68 Å². The van der Waals surface area contributed by atoms with Gasteiger partial charge in [0.1, 0.15) is 42.0 Å². The molecular formula is C46H65ClF3N8O18P. The fourth-order valence-electron chi connectivity index (χ4n) is 8.75. The Labute approximate surface area is 445 Å². The van der Waals surface area contributed by atoms with Crippen molar-refractivity contribution in [3.63, 3.8) is 0 Å². The fraction of sp³-hybridized carbons (Fsp3) is 0.696. The number of hydrogen-bond donors (Lipinski definition) is 4. The number of aromatic nitrogens is 7. The molecule has 0 radical (unpaired) electrons. The first kappa shape index (κ1) is 60.5. The zero-order valence-electron chi connectivity index (χ0n) is 42.1. The molecule has 4 N–H and O–H groups in total. The molecular weight excluding hydrogens is 1080 g/mol. The van der Waals surface area contributed by atoms with Crippen LogP contribution in [0.25, 0.3) is 11.0 Å². The molecule has 1 aromatic carbocycles. The van der Waals surface area contributed by atoms with E-state index in [-0.39, 0.29) is 68.3 Å². The Morgan fingerprint density at radius 2 is 1.32 bits per heavy atom. The van der Waals surface area contributed by atoms with Crippen molar-refractivity contribution >= 4 is 42.0 Å². The standard InChI is InChI=1S/C46H65ClF3N8O18P/c47-46-52-43(34-23-51-58(44(34)53-46)45-40(61)39(60)37(75-45)28-73-29-77(62,63)64)56-24-30-1-2-31(25-56)41(30)74-20-19-71-16-15-69-13-14-70-17-18-72-27-33-26-57(55-54-33)4-6-66-8-10-68-12-11-67-9-7-65-5-3-38(59)76-42-35(49)21-32(48)22-36(42)50/h21-23,26,30-31,37,39-41,45,60-61H,1-20,24-25,27-29H2,(H2,62,63,64)/t30-,31+,37-,39-,40-,41?,45-/m1/s1. The number of fused-ring (bicyclic) bond motifs is 3. The van der Waals surface area contributed by atoms with Crippen LogP contribution in [0.5, 0.6) is 5.75 Å². The van der Waals surface area contributed by atoms with E-state index >= 15 is 0 Å². The number of aliphatic hydroxyl groups is 2. The Kier molecular flexibility index (Phi) is 24.4. The lowest BCUT2D eigenvalue weighted by molar-refractivity contribution is -0.136. The minimum absolute atomic E-state index is 0.0355. The van der Waals surface area contributed by atoms with Crippen molar-refractivity contribution in [2.24, 2.45) is 11.8 Å². The molecule has 7 rings (SSSR count). The zero-order chi connectivity index (χ0) is 54.6. The number of nitrogens with zero attached hydrogens (tertiary/aromatic N) is 8. The molecule has 3 aliphatic rings. The molecule has 0 spiro atoms. The highest BCUT2D eigenvalue weighted by atomic mass is 35.5. The lowest BCUT2D eigenvalue weighted by Crippen LogP contribution is -2.46. The van der Waals surface area contributed by atoms with Gasteiger partial charge in [-0.15, -0.1) is 5.10 Å². The molecule has 0 amide bonds. The molecule has 1 unspecified atom stereocenters. The number of halogens is 4. The van der Waals surface area contributed by atoms with Crippen molar-refractivity contribution in [3.05, 3.63) is 53.0 Å². The van der Waals surface area contributed by atoms with E-state index in [1.807, 2.05) is 0 Å². The Morgan fingerprint density at radius 1 is 0.753 bits per heavy atom. The molecule has 2 saturated heterocycles. The summed E-state index contributed by atoms with van der Waals surface area (Å²) in [7, 11) is -4.44. The zero-order valence-corrected chi connectivity index (χ0v) is 43.7. The van der Waals surface area contributed by atoms with E-state index in [9.17, 15) is 32.7 Å². The largest absolute Gasteiger partial charge is 0.420 e. The molecule has 430 valence electrons. The Balaban J connectivity index is 0.636. The van der Waals surface area contributed by atoms with Gasteiger partial charge in [0.15, 0.2) is 23.5 Å². The van der Waals surface area contributed by atoms with Crippen molar-refractivity contribution in [1.82, 2.24) is 34.7 Å². The third kappa shape index (κ3) is 19.0. The molecule has 77 heavy (non-hydrogen) atoms. The average Bonchev–Trinajstić information content (AvgIpc) is 4.24. The lowest BCUT2D eigenvalue weighted by Gasteiger charge is -2.38. The first-order chi connectivity index (χ1) is 37.2. The summed E-state index contributed by atoms with van der Waals surface area (Å²) < 4.78 is 120. The summed E-state index contributed by atoms with van der Waals surface area (Å²) in [5.74, 6) is -4.56. The lowest BCUT2D eigenvalue weighted by atomic mass is 9.94. The van der Waals surface area contributed by atoms with Crippen LogP contribution in [0.3, 0.4) is 0 Å². The third-order valence-electron chi connectivity index (χ3n) is 12.3. The van der Waals surface area contributed by atoms with E-state index in [4.69, 9.17) is 73.5 Å². The van der Waals surface area contributed by atoms with Crippen LogP contribution in [0.15, 0.2) is 24.5 Å². The second-order valence-corrected chi connectivity index (χ2v) is 19.9. The molecule has 7 atom stereocenters. The quantitative estimate of drug-likeness (QED) is 0.0165. The summed E-state index contributed by atoms with van der Waals surface area (Å²) in [6.45, 7) is 7.16. The predicted octanol–water partition coefficient (Wildman–Crippen LogP) is 1.82. The van der Waals surface area contributed by atoms with Crippen LogP contribution in [0.4, 0.5) is 19.0 Å². The van der Waals surface area contributed by atoms with E-state index in [0.29, 0.717) is 135 Å². The van der Waals surface area contributed by atoms with Gasteiger partial charge in [-0.3, -0.25) is 9.36 Å². The SMILES string of the molecule is O=C(CCOCCOCCOCCOCCn1cc(COCCOCCOCCOCCOC2[C@@H]3CC[C@H]2CN(c2nc(Cl)nc4c2cnn4[C@@H]2O[C@H](COCP(=O)(O)O)[C@@H](O)[C@H]2O)C3)nn1)Oc1c(F)cc(F)cc1F. The smallest absolute Gasteiger partial charge is 0.350 e. The first-order valence-electron chi connectivity index (χ1n) is 25.0. The highest BCUT2D eigenvalue weighted by Crippen LogP contribution is 2.42. The number of rotatable bonds is 37. The number of esters is 1. The van der Waals surface area contributed by atoms with E-state index < -0.39 is 67.7 Å². The number of carbonyl (C=O) groups excluding carboxylic acids is 1. The summed E-state index contributed by atoms with van der Waals surface area (Å²) in [5, 5.41) is 34.5. The van der Waals surface area contributed by atoms with Crippen molar-refractivity contribution in [2.45, 2.75) is 63.1 Å². The fourth-order valence-corrected chi connectivity index (χ4v) is 9.25. The van der Waals surface area contributed by atoms with Crippen LogP contribution in [-0.2, 0) is 74.6 Å². The summed E-state index contributed by atoms with van der Waals surface area (Å²) in [6.07, 6.45) is -0.847. The Hall–Kier alpha value is -4.11. The molecule has 26 nitrogen and oxygen atoms in total. The molecule has 2 bridgehead atoms. The second-order valence-electron chi connectivity index (χ2n) is 17.9. The van der Waals surface area contributed by atoms with Crippen LogP contribution in [0.2, 0.25) is 5.28 Å². The summed E-state index contributed by atoms with van der Waals surface area (Å²) >= 11 is 6.42. The first-order valence-corrected chi connectivity index (χ1v) is 27.2. The monoisotopic (exact) mass is 1140 g/mol. The number of benzene rings is 1. The number of anilines is 1. The van der Waals surface area contributed by atoms with Gasteiger partial charge in [0, 0.05) is 37.1 Å². The van der Waals surface area contributed by atoms with Crippen molar-refractivity contribution in [3.8, 4) is 5.75 Å². The molecule has 5 heterocycles. The number of ether oxygens (including phenoxy) is 12. The highest BCUT2D eigenvalue weighted by molar-refractivity contribution is 7.51. The Morgan fingerprint density at radius 3 is 1.94 bits per heavy atom. The molecule has 3 fully saturated rings. The topological polar surface area (TPSA) is 303 Å². The van der Waals surface area contributed by atoms with E-state index in [0.717, 1.165) is 12.8 Å². The average molecular weight is 1140 g/mol. The number of carbonyl (C=O) groups is 1. The van der Waals surface area contributed by atoms with Crippen molar-refractivity contribution in [1.29, 1.82) is 0 Å². The van der Waals surface area contributed by atoms with Gasteiger partial charge in [0.2, 0.25) is 11.0 Å². The van der Waals surface area contributed by atoms with E-state index in [1.54, 1.807) is 17.1 Å². The van der Waals surface area contributed by atoms with Crippen LogP contribution in [0, 0.1) is 29.3 Å². The molecule has 1 aliphatic carbocycles. The van der Waals surface area contributed by atoms with Gasteiger partial charge in [-0.1, -0.05) is 5.21 Å². The van der Waals surface area contributed by atoms with E-state index in [2.05, 4.69) is 35.0 Å². The van der Waals surface area contributed by atoms with Gasteiger partial charge in [0.25, 0.3) is 0 Å². The molecule has 1 saturated carbocycles. The predicted molar refractivity (Wildman–Crippen MR) is 259 cm³/mol. The summed E-state index contributed by atoms with van der Waals surface area (Å²) in [6, 6.07) is 0.837. The van der Waals surface area contributed by atoms with Crippen LogP contribution < -0.4 is 9.64 Å². The van der Waals surface area contributed by atoms with Gasteiger partial charge in [-0.2, -0.15) is 15.1 Å². The minimum atomic E-state index is -4.44. The molecule has 4 aromatic rings. The maximum Gasteiger partial charge on any atom is 0.350 e. The van der Waals surface area contributed by atoms with Gasteiger partial charge < -0.3 is 81.7 Å². The number of hydrogen-bond acceptors (Lipinski definition) is 22. The summed E-state index contributed by atoms with van der Waals surface area (Å²) in [5.41, 5.74) is 0.963.